The van der Waals surface area contributed by atoms with E-state index >= 15 is 0 Å². The molecule has 22 heavy (non-hydrogen) atoms. The van der Waals surface area contributed by atoms with Crippen LogP contribution in [0.3, 0.4) is 0 Å². The van der Waals surface area contributed by atoms with Crippen LogP contribution < -0.4 is 10.6 Å². The Hall–Kier alpha value is -1.63. The van der Waals surface area contributed by atoms with Crippen LogP contribution in [0.4, 0.5) is 17.6 Å². The molecule has 2 rings (SSSR count). The van der Waals surface area contributed by atoms with E-state index in [1.165, 1.54) is 0 Å². The topological polar surface area (TPSA) is 41.1 Å². The lowest BCUT2D eigenvalue weighted by atomic mass is 9.80. The Balaban J connectivity index is 2.23. The molecule has 0 aliphatic carbocycles. The zero-order valence-corrected chi connectivity index (χ0v) is 12.4. The summed E-state index contributed by atoms with van der Waals surface area (Å²) in [5.74, 6) is -2.34. The zero-order chi connectivity index (χ0) is 16.5. The number of alkyl halides is 3. The van der Waals surface area contributed by atoms with Gasteiger partial charge < -0.3 is 10.6 Å². The van der Waals surface area contributed by atoms with Gasteiger partial charge in [0.1, 0.15) is 5.82 Å². The highest BCUT2D eigenvalue weighted by Crippen LogP contribution is 2.32. The van der Waals surface area contributed by atoms with E-state index in [0.717, 1.165) is 12.1 Å². The molecule has 0 spiro atoms. The first-order chi connectivity index (χ1) is 10.1. The average molecular weight is 318 g/mol. The quantitative estimate of drug-likeness (QED) is 0.823. The Kier molecular flexibility index (Phi) is 4.47. The van der Waals surface area contributed by atoms with Crippen LogP contribution in [-0.2, 0) is 6.18 Å². The number of carbonyl (C=O) groups excluding carboxylic acids is 1. The average Bonchev–Trinajstić information content (AvgIpc) is 2.39. The molecule has 1 fully saturated rings. The molecule has 1 aromatic carbocycles. The highest BCUT2D eigenvalue weighted by molar-refractivity contribution is 5.95. The molecule has 1 unspecified atom stereocenters. The largest absolute Gasteiger partial charge is 0.419 e. The minimum absolute atomic E-state index is 0.227. The molecule has 1 atom stereocenters. The first kappa shape index (κ1) is 16.7. The van der Waals surface area contributed by atoms with Crippen LogP contribution in [0.2, 0.25) is 0 Å². The molecule has 1 aliphatic rings. The first-order valence-corrected chi connectivity index (χ1v) is 7.00. The van der Waals surface area contributed by atoms with Gasteiger partial charge in [-0.25, -0.2) is 4.39 Å². The van der Waals surface area contributed by atoms with Gasteiger partial charge in [0, 0.05) is 12.6 Å². The highest BCUT2D eigenvalue weighted by atomic mass is 19.4. The molecule has 7 heteroatoms. The Labute approximate surface area is 126 Å². The van der Waals surface area contributed by atoms with E-state index in [0.29, 0.717) is 25.6 Å². The number of nitrogens with one attached hydrogen (secondary N) is 2. The molecular weight excluding hydrogens is 300 g/mol. The molecule has 0 aromatic heterocycles. The molecule has 1 aromatic rings. The van der Waals surface area contributed by atoms with Crippen molar-refractivity contribution >= 4 is 5.91 Å². The molecule has 0 radical (unpaired) electrons. The number of piperidine rings is 1. The minimum Gasteiger partial charge on any atom is -0.349 e. The number of benzene rings is 1. The van der Waals surface area contributed by atoms with Gasteiger partial charge in [-0.2, -0.15) is 13.2 Å². The zero-order valence-electron chi connectivity index (χ0n) is 12.4. The standard InChI is InChI=1S/C15H18F4N2O/c1-14(2)8-20-7-6-11(14)21-13(22)9-4-3-5-10(12(9)16)15(17,18)19/h3-5,11,20H,6-8H2,1-2H3,(H,21,22). The fourth-order valence-electron chi connectivity index (χ4n) is 2.60. The van der Waals surface area contributed by atoms with Crippen molar-refractivity contribution < 1.29 is 22.4 Å². The van der Waals surface area contributed by atoms with Gasteiger partial charge in [-0.15, -0.1) is 0 Å². The molecule has 1 heterocycles. The van der Waals surface area contributed by atoms with Gasteiger partial charge in [-0.1, -0.05) is 19.9 Å². The van der Waals surface area contributed by atoms with E-state index in [-0.39, 0.29) is 11.5 Å². The molecule has 1 saturated heterocycles. The van der Waals surface area contributed by atoms with Gasteiger partial charge >= 0.3 is 6.18 Å². The molecule has 122 valence electrons. The predicted octanol–water partition coefficient (Wildman–Crippen LogP) is 2.96. The van der Waals surface area contributed by atoms with Crippen LogP contribution in [0.5, 0.6) is 0 Å². The van der Waals surface area contributed by atoms with E-state index in [4.69, 9.17) is 0 Å². The Morgan fingerprint density at radius 3 is 2.64 bits per heavy atom. The maximum Gasteiger partial charge on any atom is 0.419 e. The van der Waals surface area contributed by atoms with E-state index in [1.54, 1.807) is 0 Å². The maximum absolute atomic E-state index is 14.0. The van der Waals surface area contributed by atoms with E-state index in [9.17, 15) is 22.4 Å². The van der Waals surface area contributed by atoms with Crippen LogP contribution in [0, 0.1) is 11.2 Å². The smallest absolute Gasteiger partial charge is 0.349 e. The van der Waals surface area contributed by atoms with Crippen LogP contribution in [0.15, 0.2) is 18.2 Å². The van der Waals surface area contributed by atoms with Crippen LogP contribution >= 0.6 is 0 Å². The summed E-state index contributed by atoms with van der Waals surface area (Å²) in [5.41, 5.74) is -2.26. The molecule has 3 nitrogen and oxygen atoms in total. The summed E-state index contributed by atoms with van der Waals surface area (Å²) in [4.78, 5) is 12.2. The fourth-order valence-corrected chi connectivity index (χ4v) is 2.60. The summed E-state index contributed by atoms with van der Waals surface area (Å²) in [6.07, 6.45) is -4.19. The van der Waals surface area contributed by atoms with Crippen LogP contribution in [-0.4, -0.2) is 25.0 Å². The van der Waals surface area contributed by atoms with Gasteiger partial charge in [-0.3, -0.25) is 4.79 Å². The van der Waals surface area contributed by atoms with Crippen LogP contribution in [0.1, 0.15) is 36.2 Å². The van der Waals surface area contributed by atoms with E-state index < -0.39 is 29.0 Å². The SMILES string of the molecule is CC1(C)CNCCC1NC(=O)c1cccc(C(F)(F)F)c1F. The summed E-state index contributed by atoms with van der Waals surface area (Å²) in [5, 5.41) is 5.84. The van der Waals surface area contributed by atoms with E-state index in [1.807, 2.05) is 13.8 Å². The normalized spacial score (nSPS) is 21.5. The first-order valence-electron chi connectivity index (χ1n) is 7.00. The summed E-state index contributed by atoms with van der Waals surface area (Å²) in [6.45, 7) is 5.24. The second-order valence-electron chi connectivity index (χ2n) is 6.14. The highest BCUT2D eigenvalue weighted by Gasteiger charge is 2.37. The van der Waals surface area contributed by atoms with Crippen molar-refractivity contribution in [3.05, 3.63) is 35.1 Å². The van der Waals surface area contributed by atoms with Crippen molar-refractivity contribution in [3.8, 4) is 0 Å². The predicted molar refractivity (Wildman–Crippen MR) is 73.9 cm³/mol. The summed E-state index contributed by atoms with van der Waals surface area (Å²) in [6, 6.07) is 2.50. The summed E-state index contributed by atoms with van der Waals surface area (Å²) in [7, 11) is 0. The van der Waals surface area contributed by atoms with Crippen molar-refractivity contribution in [1.82, 2.24) is 10.6 Å². The molecule has 0 bridgehead atoms. The third-order valence-corrected chi connectivity index (χ3v) is 3.99. The third kappa shape index (κ3) is 3.40. The van der Waals surface area contributed by atoms with Gasteiger partial charge in [0.25, 0.3) is 5.91 Å². The summed E-state index contributed by atoms with van der Waals surface area (Å²) >= 11 is 0. The third-order valence-electron chi connectivity index (χ3n) is 3.99. The van der Waals surface area contributed by atoms with Crippen molar-refractivity contribution in [2.45, 2.75) is 32.5 Å². The molecule has 1 aliphatic heterocycles. The Morgan fingerprint density at radius 1 is 1.36 bits per heavy atom. The number of amides is 1. The second-order valence-corrected chi connectivity index (χ2v) is 6.14. The lowest BCUT2D eigenvalue weighted by molar-refractivity contribution is -0.140. The van der Waals surface area contributed by atoms with Crippen LogP contribution in [0.25, 0.3) is 0 Å². The number of hydrogen-bond donors (Lipinski definition) is 2. The number of rotatable bonds is 2. The minimum atomic E-state index is -4.82. The maximum atomic E-state index is 14.0. The number of carbonyl (C=O) groups is 1. The Morgan fingerprint density at radius 2 is 2.05 bits per heavy atom. The number of halogens is 4. The lowest BCUT2D eigenvalue weighted by Crippen LogP contribution is -2.54. The van der Waals surface area contributed by atoms with Gasteiger partial charge in [-0.05, 0) is 30.5 Å². The van der Waals surface area contributed by atoms with Crippen molar-refractivity contribution in [1.29, 1.82) is 0 Å². The van der Waals surface area contributed by atoms with Gasteiger partial charge in [0.05, 0.1) is 11.1 Å². The molecule has 2 N–H and O–H groups in total. The lowest BCUT2D eigenvalue weighted by Gasteiger charge is -2.39. The van der Waals surface area contributed by atoms with Crippen molar-refractivity contribution in [2.75, 3.05) is 13.1 Å². The monoisotopic (exact) mass is 318 g/mol. The summed E-state index contributed by atoms with van der Waals surface area (Å²) < 4.78 is 52.1. The van der Waals surface area contributed by atoms with Crippen molar-refractivity contribution in [3.63, 3.8) is 0 Å². The fraction of sp³-hybridized carbons (Fsp3) is 0.533. The molecule has 1 amide bonds. The number of hydrogen-bond acceptors (Lipinski definition) is 2. The molecular formula is C15H18F4N2O. The van der Waals surface area contributed by atoms with Gasteiger partial charge in [0.15, 0.2) is 0 Å². The van der Waals surface area contributed by atoms with E-state index in [2.05, 4.69) is 10.6 Å². The van der Waals surface area contributed by atoms with Crippen molar-refractivity contribution in [2.24, 2.45) is 5.41 Å². The Bertz CT molecular complexity index is 569. The second kappa shape index (κ2) is 5.87. The molecule has 0 saturated carbocycles. The van der Waals surface area contributed by atoms with Gasteiger partial charge in [0.2, 0.25) is 0 Å².